The third-order valence-electron chi connectivity index (χ3n) is 2.95. The molecule has 1 atom stereocenters. The molecule has 1 unspecified atom stereocenters. The average Bonchev–Trinajstić information content (AvgIpc) is 2.37. The van der Waals surface area contributed by atoms with Crippen molar-refractivity contribution in [3.8, 4) is 0 Å². The van der Waals surface area contributed by atoms with E-state index in [4.69, 9.17) is 22.5 Å². The number of nitrogens with two attached hydrogens (primary N) is 1. The van der Waals surface area contributed by atoms with Crippen LogP contribution in [0.5, 0.6) is 0 Å². The maximum atomic E-state index is 12.2. The fourth-order valence-electron chi connectivity index (χ4n) is 1.44. The first-order valence-corrected chi connectivity index (χ1v) is 6.76. The Labute approximate surface area is 124 Å². The van der Waals surface area contributed by atoms with Crippen LogP contribution in [0, 0.1) is 0 Å². The first-order chi connectivity index (χ1) is 8.84. The number of nitrogens with one attached hydrogen (secondary N) is 1. The third-order valence-corrected chi connectivity index (χ3v) is 3.75. The van der Waals surface area contributed by atoms with Crippen LogP contribution in [0.25, 0.3) is 0 Å². The van der Waals surface area contributed by atoms with Gasteiger partial charge in [-0.1, -0.05) is 39.6 Å². The van der Waals surface area contributed by atoms with Crippen molar-refractivity contribution in [2.75, 3.05) is 0 Å². The van der Waals surface area contributed by atoms with Crippen molar-refractivity contribution in [1.82, 2.24) is 5.32 Å². The normalized spacial score (nSPS) is 14.8. The van der Waals surface area contributed by atoms with Gasteiger partial charge in [0.1, 0.15) is 0 Å². The van der Waals surface area contributed by atoms with E-state index in [-0.39, 0.29) is 11.7 Å². The summed E-state index contributed by atoms with van der Waals surface area (Å²) in [6, 6.07) is 4.95. The van der Waals surface area contributed by atoms with E-state index in [1.54, 1.807) is 25.1 Å². The number of carbonyl (C=O) groups excluding carboxylic acids is 1. The lowest BCUT2D eigenvalue weighted by Gasteiger charge is -2.28. The van der Waals surface area contributed by atoms with E-state index in [0.717, 1.165) is 4.47 Å². The van der Waals surface area contributed by atoms with E-state index in [2.05, 4.69) is 26.4 Å². The highest BCUT2D eigenvalue weighted by molar-refractivity contribution is 9.10. The molecule has 0 saturated heterocycles. The first kappa shape index (κ1) is 15.8. The minimum absolute atomic E-state index is 0.0587. The van der Waals surface area contributed by atoms with Crippen molar-refractivity contribution in [2.24, 2.45) is 10.9 Å². The summed E-state index contributed by atoms with van der Waals surface area (Å²) in [6.07, 6.45) is 0.475. The summed E-state index contributed by atoms with van der Waals surface area (Å²) in [6.45, 7) is 3.49. The minimum Gasteiger partial charge on any atom is -0.409 e. The number of nitrogens with zero attached hydrogens (tertiary/aromatic N) is 1. The molecule has 0 bridgehead atoms. The van der Waals surface area contributed by atoms with Crippen LogP contribution < -0.4 is 11.1 Å². The zero-order valence-corrected chi connectivity index (χ0v) is 12.9. The Hall–Kier alpha value is -1.27. The van der Waals surface area contributed by atoms with Gasteiger partial charge in [-0.05, 0) is 31.5 Å². The van der Waals surface area contributed by atoms with Gasteiger partial charge in [-0.2, -0.15) is 0 Å². The van der Waals surface area contributed by atoms with Crippen LogP contribution in [0.3, 0.4) is 0 Å². The van der Waals surface area contributed by atoms with Crippen molar-refractivity contribution < 1.29 is 10.0 Å². The van der Waals surface area contributed by atoms with Crippen molar-refractivity contribution >= 4 is 39.3 Å². The quantitative estimate of drug-likeness (QED) is 0.338. The molecule has 0 aliphatic heterocycles. The van der Waals surface area contributed by atoms with Crippen LogP contribution in [-0.2, 0) is 0 Å². The molecule has 1 aromatic rings. The number of carbonyl (C=O) groups is 1. The van der Waals surface area contributed by atoms with E-state index in [1.165, 1.54) is 0 Å². The van der Waals surface area contributed by atoms with Gasteiger partial charge in [0.2, 0.25) is 0 Å². The number of halogens is 2. The van der Waals surface area contributed by atoms with Crippen molar-refractivity contribution in [1.29, 1.82) is 0 Å². The Balaban J connectivity index is 3.02. The van der Waals surface area contributed by atoms with Gasteiger partial charge in [0.05, 0.1) is 16.1 Å². The van der Waals surface area contributed by atoms with Crippen molar-refractivity contribution in [2.45, 2.75) is 25.8 Å². The van der Waals surface area contributed by atoms with Crippen LogP contribution >= 0.6 is 27.5 Å². The molecule has 0 radical (unpaired) electrons. The number of oxime groups is 1. The monoisotopic (exact) mass is 347 g/mol. The smallest absolute Gasteiger partial charge is 0.253 e. The summed E-state index contributed by atoms with van der Waals surface area (Å²) < 4.78 is 0.781. The number of hydrogen-bond acceptors (Lipinski definition) is 3. The van der Waals surface area contributed by atoms with Crippen LogP contribution in [0.2, 0.25) is 5.02 Å². The van der Waals surface area contributed by atoms with E-state index in [1.807, 2.05) is 6.92 Å². The summed E-state index contributed by atoms with van der Waals surface area (Å²) in [5.74, 6) is -0.440. The number of amides is 1. The molecule has 19 heavy (non-hydrogen) atoms. The molecule has 0 saturated carbocycles. The second kappa shape index (κ2) is 6.25. The largest absolute Gasteiger partial charge is 0.409 e. The topological polar surface area (TPSA) is 87.7 Å². The molecule has 0 fully saturated rings. The summed E-state index contributed by atoms with van der Waals surface area (Å²) in [5.41, 5.74) is 5.00. The van der Waals surface area contributed by atoms with Crippen LogP contribution in [0.4, 0.5) is 0 Å². The van der Waals surface area contributed by atoms with E-state index in [9.17, 15) is 4.79 Å². The SMILES string of the molecule is CCC(C)(NC(=O)c1ccc(Br)cc1Cl)/C(N)=N/O. The molecule has 4 N–H and O–H groups in total. The highest BCUT2D eigenvalue weighted by Crippen LogP contribution is 2.22. The number of rotatable bonds is 4. The molecule has 0 aliphatic rings. The van der Waals surface area contributed by atoms with Gasteiger partial charge in [-0.3, -0.25) is 4.79 Å². The zero-order chi connectivity index (χ0) is 14.6. The summed E-state index contributed by atoms with van der Waals surface area (Å²) in [7, 11) is 0. The average molecular weight is 349 g/mol. The van der Waals surface area contributed by atoms with Gasteiger partial charge in [-0.25, -0.2) is 0 Å². The summed E-state index contributed by atoms with van der Waals surface area (Å²) in [4.78, 5) is 12.2. The lowest BCUT2D eigenvalue weighted by Crippen LogP contribution is -2.55. The molecule has 7 heteroatoms. The van der Waals surface area contributed by atoms with Gasteiger partial charge in [0, 0.05) is 4.47 Å². The Morgan fingerprint density at radius 2 is 2.26 bits per heavy atom. The zero-order valence-electron chi connectivity index (χ0n) is 10.6. The molecular weight excluding hydrogens is 334 g/mol. The molecule has 1 amide bonds. The lowest BCUT2D eigenvalue weighted by atomic mass is 9.97. The van der Waals surface area contributed by atoms with Gasteiger partial charge >= 0.3 is 0 Å². The van der Waals surface area contributed by atoms with Crippen LogP contribution in [0.15, 0.2) is 27.8 Å². The molecular formula is C12H15BrClN3O2. The Bertz CT molecular complexity index is 522. The maximum absolute atomic E-state index is 12.2. The van der Waals surface area contributed by atoms with Crippen LogP contribution in [0.1, 0.15) is 30.6 Å². The van der Waals surface area contributed by atoms with Gasteiger partial charge in [-0.15, -0.1) is 0 Å². The molecule has 5 nitrogen and oxygen atoms in total. The number of hydrogen-bond donors (Lipinski definition) is 3. The fourth-order valence-corrected chi connectivity index (χ4v) is 2.19. The Morgan fingerprint density at radius 3 is 2.74 bits per heavy atom. The molecule has 1 aromatic carbocycles. The third kappa shape index (κ3) is 3.61. The number of amidine groups is 1. The van der Waals surface area contributed by atoms with E-state index < -0.39 is 5.54 Å². The van der Waals surface area contributed by atoms with Gasteiger partial charge in [0.15, 0.2) is 5.84 Å². The molecule has 104 valence electrons. The highest BCUT2D eigenvalue weighted by atomic mass is 79.9. The second-order valence-corrected chi connectivity index (χ2v) is 5.57. The molecule has 0 spiro atoms. The van der Waals surface area contributed by atoms with Crippen molar-refractivity contribution in [3.63, 3.8) is 0 Å². The maximum Gasteiger partial charge on any atom is 0.253 e. The second-order valence-electron chi connectivity index (χ2n) is 4.25. The lowest BCUT2D eigenvalue weighted by molar-refractivity contribution is 0.0925. The summed E-state index contributed by atoms with van der Waals surface area (Å²) in [5, 5.41) is 14.7. The molecule has 1 rings (SSSR count). The van der Waals surface area contributed by atoms with Gasteiger partial charge in [0.25, 0.3) is 5.91 Å². The van der Waals surface area contributed by atoms with E-state index >= 15 is 0 Å². The standard InChI is InChI=1S/C12H15BrClN3O2/c1-3-12(2,11(15)17-19)16-10(18)8-5-4-7(13)6-9(8)14/h4-6,19H,3H2,1-2H3,(H2,15,17)(H,16,18). The van der Waals surface area contributed by atoms with Gasteiger partial charge < -0.3 is 16.3 Å². The van der Waals surface area contributed by atoms with Crippen LogP contribution in [-0.4, -0.2) is 22.5 Å². The highest BCUT2D eigenvalue weighted by Gasteiger charge is 2.30. The minimum atomic E-state index is -0.928. The number of benzene rings is 1. The molecule has 0 aromatic heterocycles. The predicted octanol–water partition coefficient (Wildman–Crippen LogP) is 2.75. The summed E-state index contributed by atoms with van der Waals surface area (Å²) >= 11 is 9.27. The van der Waals surface area contributed by atoms with Crippen molar-refractivity contribution in [3.05, 3.63) is 33.3 Å². The van der Waals surface area contributed by atoms with E-state index in [0.29, 0.717) is 17.0 Å². The molecule has 0 heterocycles. The molecule has 0 aliphatic carbocycles. The fraction of sp³-hybridized carbons (Fsp3) is 0.333. The Morgan fingerprint density at radius 1 is 1.63 bits per heavy atom. The Kier molecular flexibility index (Phi) is 5.20. The predicted molar refractivity (Wildman–Crippen MR) is 78.7 cm³/mol. The first-order valence-electron chi connectivity index (χ1n) is 5.59.